The molecule has 2 aromatic heterocycles. The van der Waals surface area contributed by atoms with E-state index < -0.39 is 11.8 Å². The van der Waals surface area contributed by atoms with Gasteiger partial charge in [-0.05, 0) is 55.5 Å². The van der Waals surface area contributed by atoms with Gasteiger partial charge in [-0.3, -0.25) is 0 Å². The van der Waals surface area contributed by atoms with E-state index in [9.17, 15) is 13.6 Å². The Kier molecular flexibility index (Phi) is 6.13. The third kappa shape index (κ3) is 5.04. The molecule has 0 spiro atoms. The summed E-state index contributed by atoms with van der Waals surface area (Å²) in [6.07, 6.45) is 0. The number of nitrogen functional groups attached to an aromatic ring is 1. The van der Waals surface area contributed by atoms with E-state index in [2.05, 4.69) is 25.4 Å². The van der Waals surface area contributed by atoms with E-state index in [1.807, 2.05) is 0 Å². The van der Waals surface area contributed by atoms with Crippen molar-refractivity contribution in [3.05, 3.63) is 82.4 Å². The van der Waals surface area contributed by atoms with Gasteiger partial charge in [0, 0.05) is 5.69 Å². The molecule has 0 bridgehead atoms. The highest BCUT2D eigenvalue weighted by Crippen LogP contribution is 2.25. The molecule has 4 aromatic rings. The fourth-order valence-electron chi connectivity index (χ4n) is 2.91. The lowest BCUT2D eigenvalue weighted by atomic mass is 10.2. The van der Waals surface area contributed by atoms with Crippen molar-refractivity contribution in [1.29, 1.82) is 0 Å². The Bertz CT molecular complexity index is 1310. The summed E-state index contributed by atoms with van der Waals surface area (Å²) in [7, 11) is 0. The number of aryl methyl sites for hydroxylation is 1. The van der Waals surface area contributed by atoms with E-state index in [0.29, 0.717) is 17.1 Å². The van der Waals surface area contributed by atoms with Crippen LogP contribution in [-0.4, -0.2) is 30.7 Å². The molecule has 33 heavy (non-hydrogen) atoms. The summed E-state index contributed by atoms with van der Waals surface area (Å²) in [6.45, 7) is 1.27. The molecular formula is C21H16ClF2N7O2. The number of nitrogens with one attached hydrogen (secondary N) is 1. The zero-order chi connectivity index (χ0) is 23.5. The highest BCUT2D eigenvalue weighted by molar-refractivity contribution is 6.33. The molecule has 9 nitrogen and oxygen atoms in total. The van der Waals surface area contributed by atoms with E-state index >= 15 is 0 Å². The highest BCUT2D eigenvalue weighted by atomic mass is 35.5. The van der Waals surface area contributed by atoms with E-state index in [0.717, 1.165) is 0 Å². The lowest BCUT2D eigenvalue weighted by Gasteiger charge is -2.08. The lowest BCUT2D eigenvalue weighted by molar-refractivity contribution is 0.0461. The highest BCUT2D eigenvalue weighted by Gasteiger charge is 2.23. The van der Waals surface area contributed by atoms with E-state index in [1.165, 1.54) is 53.2 Å². The zero-order valence-corrected chi connectivity index (χ0v) is 17.8. The molecule has 2 heterocycles. The van der Waals surface area contributed by atoms with Crippen molar-refractivity contribution in [3.8, 4) is 5.69 Å². The first kappa shape index (κ1) is 22.1. The number of halogens is 3. The summed E-state index contributed by atoms with van der Waals surface area (Å²) in [5.41, 5.74) is 7.09. The molecule has 0 aliphatic carbocycles. The zero-order valence-electron chi connectivity index (χ0n) is 17.1. The molecule has 0 unspecified atom stereocenters. The van der Waals surface area contributed by atoms with Crippen molar-refractivity contribution >= 4 is 35.2 Å². The first-order valence-corrected chi connectivity index (χ1v) is 9.89. The molecule has 0 aliphatic heterocycles. The summed E-state index contributed by atoms with van der Waals surface area (Å²) in [6, 6.07) is 11.0. The number of carbonyl (C=O) groups is 1. The first-order chi connectivity index (χ1) is 15.8. The number of rotatable bonds is 6. The minimum absolute atomic E-state index is 0.0120. The van der Waals surface area contributed by atoms with Crippen LogP contribution < -0.4 is 11.1 Å². The van der Waals surface area contributed by atoms with Crippen LogP contribution in [0.3, 0.4) is 0 Å². The molecule has 0 amide bonds. The second-order valence-electron chi connectivity index (χ2n) is 6.78. The molecule has 0 saturated carbocycles. The van der Waals surface area contributed by atoms with Crippen LogP contribution in [0, 0.1) is 18.6 Å². The number of aromatic nitrogens is 5. The molecule has 4 rings (SSSR count). The molecule has 0 saturated heterocycles. The van der Waals surface area contributed by atoms with Gasteiger partial charge in [-0.2, -0.15) is 20.1 Å². The van der Waals surface area contributed by atoms with Crippen molar-refractivity contribution in [3.63, 3.8) is 0 Å². The lowest BCUT2D eigenvalue weighted by Crippen LogP contribution is -2.12. The minimum Gasteiger partial charge on any atom is -0.454 e. The largest absolute Gasteiger partial charge is 0.454 e. The summed E-state index contributed by atoms with van der Waals surface area (Å²) in [5, 5.41) is 7.11. The van der Waals surface area contributed by atoms with Gasteiger partial charge in [0.2, 0.25) is 11.9 Å². The fraction of sp³-hybridized carbons (Fsp3) is 0.0952. The predicted molar refractivity (Wildman–Crippen MR) is 116 cm³/mol. The van der Waals surface area contributed by atoms with Crippen LogP contribution in [0.15, 0.2) is 48.5 Å². The maximum absolute atomic E-state index is 13.2. The van der Waals surface area contributed by atoms with Gasteiger partial charge < -0.3 is 15.8 Å². The van der Waals surface area contributed by atoms with E-state index in [4.69, 9.17) is 22.1 Å². The van der Waals surface area contributed by atoms with Crippen molar-refractivity contribution < 1.29 is 18.3 Å². The number of hydrogen-bond acceptors (Lipinski definition) is 8. The molecule has 168 valence electrons. The minimum atomic E-state index is -0.752. The Labute approximate surface area is 191 Å². The summed E-state index contributed by atoms with van der Waals surface area (Å²) in [4.78, 5) is 24.7. The number of nitrogens with two attached hydrogens (primary N) is 1. The Morgan fingerprint density at radius 1 is 1.06 bits per heavy atom. The number of esters is 1. The number of hydrogen-bond donors (Lipinski definition) is 2. The molecule has 0 fully saturated rings. The molecule has 2 aromatic carbocycles. The van der Waals surface area contributed by atoms with Crippen molar-refractivity contribution in [1.82, 2.24) is 24.7 Å². The van der Waals surface area contributed by atoms with Crippen LogP contribution in [0.4, 0.5) is 26.4 Å². The number of anilines is 3. The fourth-order valence-corrected chi connectivity index (χ4v) is 3.26. The van der Waals surface area contributed by atoms with Gasteiger partial charge in [0.1, 0.15) is 22.4 Å². The average Bonchev–Trinajstić information content (AvgIpc) is 3.08. The summed E-state index contributed by atoms with van der Waals surface area (Å²) < 4.78 is 32.9. The summed E-state index contributed by atoms with van der Waals surface area (Å²) in [5.74, 6) is -1.47. The average molecular weight is 472 g/mol. The van der Waals surface area contributed by atoms with Crippen LogP contribution in [0.1, 0.15) is 21.9 Å². The Hall–Kier alpha value is -4.12. The van der Waals surface area contributed by atoms with Gasteiger partial charge >= 0.3 is 5.97 Å². The third-order valence-corrected chi connectivity index (χ3v) is 4.76. The van der Waals surface area contributed by atoms with E-state index in [1.54, 1.807) is 6.92 Å². The normalized spacial score (nSPS) is 10.8. The number of carbonyl (C=O) groups excluding carboxylic acids is 1. The van der Waals surface area contributed by atoms with Crippen molar-refractivity contribution in [2.45, 2.75) is 13.5 Å². The Morgan fingerprint density at radius 2 is 1.70 bits per heavy atom. The van der Waals surface area contributed by atoms with Crippen molar-refractivity contribution in [2.24, 2.45) is 0 Å². The quantitative estimate of drug-likeness (QED) is 0.405. The van der Waals surface area contributed by atoms with Gasteiger partial charge in [0.25, 0.3) is 0 Å². The number of nitrogens with zero attached hydrogens (tertiary/aromatic N) is 5. The maximum atomic E-state index is 13.2. The number of benzene rings is 2. The monoisotopic (exact) mass is 471 g/mol. The van der Waals surface area contributed by atoms with Crippen LogP contribution in [0.25, 0.3) is 5.69 Å². The Balaban J connectivity index is 1.49. The van der Waals surface area contributed by atoms with Crippen LogP contribution in [0.5, 0.6) is 0 Å². The molecule has 3 N–H and O–H groups in total. The van der Waals surface area contributed by atoms with Gasteiger partial charge in [0.15, 0.2) is 12.4 Å². The van der Waals surface area contributed by atoms with E-state index in [-0.39, 0.29) is 40.9 Å². The topological polar surface area (TPSA) is 121 Å². The van der Waals surface area contributed by atoms with Gasteiger partial charge in [0.05, 0.1) is 11.4 Å². The van der Waals surface area contributed by atoms with Crippen molar-refractivity contribution in [2.75, 3.05) is 11.1 Å². The first-order valence-electron chi connectivity index (χ1n) is 9.51. The van der Waals surface area contributed by atoms with Crippen LogP contribution >= 0.6 is 11.6 Å². The molecule has 12 heteroatoms. The standard InChI is InChI=1S/C21H16ClF2N7O2/c1-11-17(18(22)31(30-11)15-8-4-13(24)5-9-15)19(32)33-10-16-27-20(25)29-21(28-16)26-14-6-2-12(23)3-7-14/h2-9H,10H2,1H3,(H3,25,26,27,28,29). The molecule has 0 radical (unpaired) electrons. The number of ether oxygens (including phenoxy) is 1. The smallest absolute Gasteiger partial charge is 0.343 e. The van der Waals surface area contributed by atoms with Gasteiger partial charge in [-0.15, -0.1) is 0 Å². The van der Waals surface area contributed by atoms with Gasteiger partial charge in [-0.25, -0.2) is 18.3 Å². The maximum Gasteiger partial charge on any atom is 0.343 e. The third-order valence-electron chi connectivity index (χ3n) is 4.41. The second-order valence-corrected chi connectivity index (χ2v) is 7.14. The van der Waals surface area contributed by atoms with Gasteiger partial charge in [-0.1, -0.05) is 11.6 Å². The Morgan fingerprint density at radius 3 is 2.36 bits per heavy atom. The van der Waals surface area contributed by atoms with Crippen LogP contribution in [0.2, 0.25) is 5.15 Å². The molecule has 0 aliphatic rings. The second kappa shape index (κ2) is 9.17. The van der Waals surface area contributed by atoms with Crippen LogP contribution in [-0.2, 0) is 11.3 Å². The molecule has 0 atom stereocenters. The summed E-state index contributed by atoms with van der Waals surface area (Å²) >= 11 is 6.34. The predicted octanol–water partition coefficient (Wildman–Crippen LogP) is 3.98. The SMILES string of the molecule is Cc1nn(-c2ccc(F)cc2)c(Cl)c1C(=O)OCc1nc(N)nc(Nc2ccc(F)cc2)n1. The molecular weight excluding hydrogens is 456 g/mol.